The van der Waals surface area contributed by atoms with E-state index in [1.165, 1.54) is 19.8 Å². The molecule has 2 aromatic heterocycles. The SMILES string of the molecule is CO[C@H]1[C@H](O)[C@H](n2cnc3c(N)ncnc32)O[C@@H]1CO. The number of methoxy groups -OCH3 is 1. The monoisotopic (exact) mass is 281 g/mol. The van der Waals surface area contributed by atoms with E-state index in [1.807, 2.05) is 0 Å². The first-order chi connectivity index (χ1) is 9.67. The van der Waals surface area contributed by atoms with Crippen molar-refractivity contribution in [3.63, 3.8) is 0 Å². The van der Waals surface area contributed by atoms with Crippen molar-refractivity contribution in [3.8, 4) is 0 Å². The van der Waals surface area contributed by atoms with E-state index in [4.69, 9.17) is 15.2 Å². The number of nitrogen functional groups attached to an aromatic ring is 1. The molecule has 1 aliphatic heterocycles. The molecule has 4 atom stereocenters. The number of ether oxygens (including phenoxy) is 2. The molecule has 108 valence electrons. The summed E-state index contributed by atoms with van der Waals surface area (Å²) in [7, 11) is 1.45. The number of nitrogens with two attached hydrogens (primary N) is 1. The number of aromatic nitrogens is 4. The van der Waals surface area contributed by atoms with Gasteiger partial charge < -0.3 is 25.4 Å². The lowest BCUT2D eigenvalue weighted by Gasteiger charge is -2.17. The minimum absolute atomic E-state index is 0.253. The molecule has 0 aromatic carbocycles. The minimum Gasteiger partial charge on any atom is -0.394 e. The number of aliphatic hydroxyl groups excluding tert-OH is 2. The fourth-order valence-corrected chi connectivity index (χ4v) is 2.44. The van der Waals surface area contributed by atoms with E-state index in [2.05, 4.69) is 15.0 Å². The van der Waals surface area contributed by atoms with Crippen LogP contribution >= 0.6 is 0 Å². The van der Waals surface area contributed by atoms with Gasteiger partial charge in [-0.05, 0) is 0 Å². The Bertz CT molecular complexity index is 618. The Morgan fingerprint density at radius 1 is 1.45 bits per heavy atom. The third-order valence-corrected chi connectivity index (χ3v) is 3.42. The number of aliphatic hydroxyl groups is 2. The summed E-state index contributed by atoms with van der Waals surface area (Å²) in [5, 5.41) is 19.5. The predicted octanol–water partition coefficient (Wildman–Crippen LogP) is -1.33. The first-order valence-corrected chi connectivity index (χ1v) is 6.07. The van der Waals surface area contributed by atoms with E-state index in [1.54, 1.807) is 4.57 Å². The molecule has 0 aliphatic carbocycles. The van der Waals surface area contributed by atoms with Gasteiger partial charge in [0, 0.05) is 7.11 Å². The van der Waals surface area contributed by atoms with Gasteiger partial charge in [-0.1, -0.05) is 0 Å². The molecule has 1 saturated heterocycles. The van der Waals surface area contributed by atoms with E-state index in [0.717, 1.165) is 0 Å². The van der Waals surface area contributed by atoms with Gasteiger partial charge in [-0.2, -0.15) is 0 Å². The van der Waals surface area contributed by atoms with Crippen molar-refractivity contribution in [2.75, 3.05) is 19.5 Å². The summed E-state index contributed by atoms with van der Waals surface area (Å²) in [4.78, 5) is 12.1. The van der Waals surface area contributed by atoms with Crippen molar-refractivity contribution in [2.24, 2.45) is 0 Å². The van der Waals surface area contributed by atoms with Gasteiger partial charge in [0.1, 0.15) is 30.2 Å². The summed E-state index contributed by atoms with van der Waals surface area (Å²) in [5.41, 5.74) is 6.60. The van der Waals surface area contributed by atoms with Gasteiger partial charge in [0.15, 0.2) is 17.7 Å². The molecular weight excluding hydrogens is 266 g/mol. The van der Waals surface area contributed by atoms with E-state index in [0.29, 0.717) is 11.2 Å². The third kappa shape index (κ3) is 1.83. The summed E-state index contributed by atoms with van der Waals surface area (Å²) in [5.74, 6) is 0.253. The summed E-state index contributed by atoms with van der Waals surface area (Å²) in [6.45, 7) is -0.254. The van der Waals surface area contributed by atoms with Crippen LogP contribution in [0.4, 0.5) is 5.82 Å². The molecule has 2 aromatic rings. The van der Waals surface area contributed by atoms with E-state index >= 15 is 0 Å². The van der Waals surface area contributed by atoms with Crippen LogP contribution in [0, 0.1) is 0 Å². The number of nitrogens with zero attached hydrogens (tertiary/aromatic N) is 4. The molecule has 4 N–H and O–H groups in total. The number of hydrogen-bond donors (Lipinski definition) is 3. The predicted molar refractivity (Wildman–Crippen MR) is 67.5 cm³/mol. The lowest BCUT2D eigenvalue weighted by Crippen LogP contribution is -2.35. The van der Waals surface area contributed by atoms with Gasteiger partial charge in [-0.15, -0.1) is 0 Å². The Kier molecular flexibility index (Phi) is 3.26. The van der Waals surface area contributed by atoms with Crippen LogP contribution in [0.25, 0.3) is 11.2 Å². The normalized spacial score (nSPS) is 30.1. The standard InChI is InChI=1S/C11H15N5O4/c1-19-8-5(2-17)20-11(7(8)18)16-4-15-6-9(12)13-3-14-10(6)16/h3-5,7-8,11,17-18H,2H2,1H3,(H2,12,13,14)/t5-,7+,8-,11-/m1/s1. The summed E-state index contributed by atoms with van der Waals surface area (Å²) in [6, 6.07) is 0. The van der Waals surface area contributed by atoms with Gasteiger partial charge in [-0.25, -0.2) is 15.0 Å². The van der Waals surface area contributed by atoms with Gasteiger partial charge in [-0.3, -0.25) is 4.57 Å². The highest BCUT2D eigenvalue weighted by Gasteiger charge is 2.45. The van der Waals surface area contributed by atoms with Crippen LogP contribution in [0.2, 0.25) is 0 Å². The third-order valence-electron chi connectivity index (χ3n) is 3.42. The number of anilines is 1. The van der Waals surface area contributed by atoms with Crippen molar-refractivity contribution < 1.29 is 19.7 Å². The molecule has 3 heterocycles. The number of rotatable bonds is 3. The second-order valence-corrected chi connectivity index (χ2v) is 4.52. The maximum atomic E-state index is 10.3. The minimum atomic E-state index is -0.953. The number of hydrogen-bond acceptors (Lipinski definition) is 8. The fourth-order valence-electron chi connectivity index (χ4n) is 2.44. The first kappa shape index (κ1) is 13.2. The van der Waals surface area contributed by atoms with E-state index < -0.39 is 24.5 Å². The molecular formula is C11H15N5O4. The highest BCUT2D eigenvalue weighted by molar-refractivity contribution is 5.81. The number of imidazole rings is 1. The highest BCUT2D eigenvalue weighted by Crippen LogP contribution is 2.32. The second kappa shape index (κ2) is 4.94. The maximum absolute atomic E-state index is 10.3. The van der Waals surface area contributed by atoms with Crippen molar-refractivity contribution in [1.29, 1.82) is 0 Å². The topological polar surface area (TPSA) is 129 Å². The van der Waals surface area contributed by atoms with Crippen LogP contribution < -0.4 is 5.73 Å². The molecule has 9 nitrogen and oxygen atoms in total. The van der Waals surface area contributed by atoms with E-state index in [-0.39, 0.29) is 12.4 Å². The summed E-state index contributed by atoms with van der Waals surface area (Å²) >= 11 is 0. The lowest BCUT2D eigenvalue weighted by molar-refractivity contribution is -0.0535. The molecule has 0 amide bonds. The molecule has 0 bridgehead atoms. The molecule has 1 fully saturated rings. The lowest BCUT2D eigenvalue weighted by atomic mass is 10.1. The Balaban J connectivity index is 2.01. The Hall–Kier alpha value is -1.81. The molecule has 0 unspecified atom stereocenters. The first-order valence-electron chi connectivity index (χ1n) is 6.07. The molecule has 1 aliphatic rings. The average molecular weight is 281 g/mol. The average Bonchev–Trinajstić information content (AvgIpc) is 3.00. The van der Waals surface area contributed by atoms with Gasteiger partial charge in [0.2, 0.25) is 0 Å². The number of fused-ring (bicyclic) bond motifs is 1. The molecule has 0 saturated carbocycles. The largest absolute Gasteiger partial charge is 0.394 e. The molecule has 3 rings (SSSR count). The van der Waals surface area contributed by atoms with Crippen LogP contribution in [0.15, 0.2) is 12.7 Å². The molecule has 20 heavy (non-hydrogen) atoms. The van der Waals surface area contributed by atoms with Crippen LogP contribution in [-0.2, 0) is 9.47 Å². The fraction of sp³-hybridized carbons (Fsp3) is 0.545. The van der Waals surface area contributed by atoms with E-state index in [9.17, 15) is 10.2 Å². The Morgan fingerprint density at radius 2 is 2.25 bits per heavy atom. The maximum Gasteiger partial charge on any atom is 0.167 e. The van der Waals surface area contributed by atoms with Crippen molar-refractivity contribution >= 4 is 17.0 Å². The smallest absolute Gasteiger partial charge is 0.167 e. The van der Waals surface area contributed by atoms with Crippen molar-refractivity contribution in [3.05, 3.63) is 12.7 Å². The van der Waals surface area contributed by atoms with Gasteiger partial charge in [0.05, 0.1) is 12.9 Å². The van der Waals surface area contributed by atoms with Crippen molar-refractivity contribution in [2.45, 2.75) is 24.5 Å². The Labute approximate surface area is 114 Å². The molecule has 9 heteroatoms. The molecule has 0 radical (unpaired) electrons. The van der Waals surface area contributed by atoms with Gasteiger partial charge >= 0.3 is 0 Å². The van der Waals surface area contributed by atoms with Crippen LogP contribution in [0.1, 0.15) is 6.23 Å². The second-order valence-electron chi connectivity index (χ2n) is 4.52. The van der Waals surface area contributed by atoms with Crippen molar-refractivity contribution in [1.82, 2.24) is 19.5 Å². The van der Waals surface area contributed by atoms with Crippen LogP contribution in [-0.4, -0.2) is 61.8 Å². The zero-order valence-electron chi connectivity index (χ0n) is 10.7. The van der Waals surface area contributed by atoms with Gasteiger partial charge in [0.25, 0.3) is 0 Å². The summed E-state index contributed by atoms with van der Waals surface area (Å²) in [6.07, 6.45) is -0.162. The Morgan fingerprint density at radius 3 is 2.90 bits per heavy atom. The zero-order valence-corrected chi connectivity index (χ0v) is 10.7. The quantitative estimate of drug-likeness (QED) is 0.631. The summed E-state index contributed by atoms with van der Waals surface area (Å²) < 4.78 is 12.3. The zero-order chi connectivity index (χ0) is 14.3. The molecule has 0 spiro atoms. The van der Waals surface area contributed by atoms with Crippen LogP contribution in [0.3, 0.4) is 0 Å². The highest BCUT2D eigenvalue weighted by atomic mass is 16.6. The van der Waals surface area contributed by atoms with Crippen LogP contribution in [0.5, 0.6) is 0 Å².